The van der Waals surface area contributed by atoms with Crippen LogP contribution in [-0.4, -0.2) is 60.2 Å². The van der Waals surface area contributed by atoms with Crippen molar-refractivity contribution in [1.29, 1.82) is 0 Å². The highest BCUT2D eigenvalue weighted by molar-refractivity contribution is 5.96. The summed E-state index contributed by atoms with van der Waals surface area (Å²) >= 11 is 0. The fraction of sp³-hybridized carbons (Fsp3) is 0.360. The molecular weight excluding hydrogens is 420 g/mol. The molecule has 2 heterocycles. The number of amides is 1. The van der Waals surface area contributed by atoms with Crippen LogP contribution in [0.25, 0.3) is 10.9 Å². The minimum atomic E-state index is -0.884. The maximum absolute atomic E-state index is 12.4. The monoisotopic (exact) mass is 450 g/mol. The van der Waals surface area contributed by atoms with E-state index < -0.39 is 12.0 Å². The Kier molecular flexibility index (Phi) is 6.55. The summed E-state index contributed by atoms with van der Waals surface area (Å²) in [6.45, 7) is 6.38. The second-order valence-corrected chi connectivity index (χ2v) is 8.61. The summed E-state index contributed by atoms with van der Waals surface area (Å²) in [5, 5.41) is 13.8. The summed E-state index contributed by atoms with van der Waals surface area (Å²) in [7, 11) is 1.64. The van der Waals surface area contributed by atoms with Gasteiger partial charge < -0.3 is 25.0 Å². The number of hydrogen-bond acceptors (Lipinski definition) is 5. The van der Waals surface area contributed by atoms with Crippen molar-refractivity contribution in [2.45, 2.75) is 19.9 Å². The minimum absolute atomic E-state index is 0.0733. The van der Waals surface area contributed by atoms with E-state index in [1.54, 1.807) is 13.3 Å². The lowest BCUT2D eigenvalue weighted by Gasteiger charge is -2.38. The molecule has 1 amide bonds. The second-order valence-electron chi connectivity index (χ2n) is 8.61. The van der Waals surface area contributed by atoms with Crippen LogP contribution in [0.5, 0.6) is 5.75 Å². The molecule has 174 valence electrons. The van der Waals surface area contributed by atoms with Gasteiger partial charge in [0.15, 0.2) is 0 Å². The number of H-pyrrole nitrogens is 1. The summed E-state index contributed by atoms with van der Waals surface area (Å²) in [5.41, 5.74) is 3.31. The number of carbonyl (C=O) groups is 2. The van der Waals surface area contributed by atoms with Gasteiger partial charge in [-0.25, -0.2) is 0 Å². The van der Waals surface area contributed by atoms with Crippen LogP contribution in [0, 0.1) is 5.92 Å². The average Bonchev–Trinajstić information content (AvgIpc) is 3.22. The van der Waals surface area contributed by atoms with E-state index in [1.165, 1.54) is 0 Å². The summed E-state index contributed by atoms with van der Waals surface area (Å²) in [4.78, 5) is 31.9. The lowest BCUT2D eigenvalue weighted by Crippen LogP contribution is -2.49. The second kappa shape index (κ2) is 9.54. The first-order chi connectivity index (χ1) is 15.9. The lowest BCUT2D eigenvalue weighted by molar-refractivity contribution is -0.143. The third-order valence-electron chi connectivity index (χ3n) is 6.15. The van der Waals surface area contributed by atoms with Gasteiger partial charge in [-0.3, -0.25) is 14.5 Å². The van der Waals surface area contributed by atoms with Gasteiger partial charge in [0.2, 0.25) is 5.91 Å². The predicted molar refractivity (Wildman–Crippen MR) is 129 cm³/mol. The van der Waals surface area contributed by atoms with Crippen LogP contribution in [0.2, 0.25) is 0 Å². The summed E-state index contributed by atoms with van der Waals surface area (Å²) in [5.74, 6) is -0.284. The number of anilines is 2. The standard InChI is InChI=1S/C25H30N4O4/c1-16(2)24(30)27-17-4-9-22-20(14-17)21(15-26-22)23(25(31)32)29-12-10-28(11-13-29)18-5-7-19(33-3)8-6-18/h4-9,14-16,23,26H,10-13H2,1-3H3,(H,27,30)(H,31,32). The van der Waals surface area contributed by atoms with Gasteiger partial charge in [0.05, 0.1) is 7.11 Å². The molecule has 1 fully saturated rings. The van der Waals surface area contributed by atoms with Gasteiger partial charge in [0, 0.05) is 66.1 Å². The summed E-state index contributed by atoms with van der Waals surface area (Å²) in [6.07, 6.45) is 1.77. The van der Waals surface area contributed by atoms with Gasteiger partial charge in [-0.05, 0) is 42.5 Å². The van der Waals surface area contributed by atoms with Crippen molar-refractivity contribution in [3.05, 3.63) is 54.2 Å². The number of aromatic amines is 1. The molecule has 0 saturated carbocycles. The molecule has 3 N–H and O–H groups in total. The number of aromatic nitrogens is 1. The molecule has 0 spiro atoms. The smallest absolute Gasteiger partial charge is 0.325 e. The molecule has 1 unspecified atom stereocenters. The molecule has 1 saturated heterocycles. The van der Waals surface area contributed by atoms with Crippen LogP contribution >= 0.6 is 0 Å². The highest BCUT2D eigenvalue weighted by Crippen LogP contribution is 2.32. The Hall–Kier alpha value is -3.52. The van der Waals surface area contributed by atoms with E-state index in [0.717, 1.165) is 35.4 Å². The molecule has 2 aromatic carbocycles. The highest BCUT2D eigenvalue weighted by Gasteiger charge is 2.32. The molecule has 4 rings (SSSR count). The molecule has 0 bridgehead atoms. The van der Waals surface area contributed by atoms with Crippen LogP contribution in [0.1, 0.15) is 25.5 Å². The first-order valence-electron chi connectivity index (χ1n) is 11.1. The Morgan fingerprint density at radius 3 is 2.36 bits per heavy atom. The Labute approximate surface area is 193 Å². The predicted octanol–water partition coefficient (Wildman–Crippen LogP) is 3.72. The molecule has 1 aromatic heterocycles. The molecule has 1 aliphatic heterocycles. The molecule has 1 atom stereocenters. The van der Waals surface area contributed by atoms with E-state index >= 15 is 0 Å². The number of carbonyl (C=O) groups excluding carboxylic acids is 1. The molecule has 0 radical (unpaired) electrons. The number of hydrogen-bond donors (Lipinski definition) is 3. The van der Waals surface area contributed by atoms with Crippen molar-refractivity contribution in [3.8, 4) is 5.75 Å². The third kappa shape index (κ3) is 4.80. The zero-order valence-electron chi connectivity index (χ0n) is 19.2. The number of benzene rings is 2. The Morgan fingerprint density at radius 1 is 1.06 bits per heavy atom. The average molecular weight is 451 g/mol. The van der Waals surface area contributed by atoms with Crippen molar-refractivity contribution in [3.63, 3.8) is 0 Å². The number of carboxylic acid groups (broad SMARTS) is 1. The van der Waals surface area contributed by atoms with Crippen molar-refractivity contribution in [2.75, 3.05) is 43.5 Å². The van der Waals surface area contributed by atoms with Gasteiger partial charge in [-0.1, -0.05) is 13.8 Å². The molecular formula is C25H30N4O4. The molecule has 8 heteroatoms. The zero-order chi connectivity index (χ0) is 23.5. The van der Waals surface area contributed by atoms with Crippen molar-refractivity contribution >= 4 is 34.2 Å². The van der Waals surface area contributed by atoms with Crippen LogP contribution in [0.4, 0.5) is 11.4 Å². The fourth-order valence-electron chi connectivity index (χ4n) is 4.25. The lowest BCUT2D eigenvalue weighted by atomic mass is 10.0. The number of fused-ring (bicyclic) bond motifs is 1. The summed E-state index contributed by atoms with van der Waals surface area (Å²) < 4.78 is 5.23. The van der Waals surface area contributed by atoms with Gasteiger partial charge in [-0.15, -0.1) is 0 Å². The molecule has 3 aromatic rings. The number of aliphatic carboxylic acids is 1. The number of nitrogens with zero attached hydrogens (tertiary/aromatic N) is 2. The zero-order valence-corrected chi connectivity index (χ0v) is 19.2. The topological polar surface area (TPSA) is 97.9 Å². The first-order valence-corrected chi connectivity index (χ1v) is 11.1. The normalized spacial score (nSPS) is 15.6. The van der Waals surface area contributed by atoms with Gasteiger partial charge in [0.1, 0.15) is 11.8 Å². The Bertz CT molecular complexity index is 1130. The first kappa shape index (κ1) is 22.7. The Balaban J connectivity index is 1.54. The quantitative estimate of drug-likeness (QED) is 0.508. The Morgan fingerprint density at radius 2 is 1.76 bits per heavy atom. The van der Waals surface area contributed by atoms with Gasteiger partial charge >= 0.3 is 5.97 Å². The van der Waals surface area contributed by atoms with E-state index in [9.17, 15) is 14.7 Å². The number of ether oxygens (including phenoxy) is 1. The van der Waals surface area contributed by atoms with E-state index in [1.807, 2.05) is 61.2 Å². The largest absolute Gasteiger partial charge is 0.497 e. The molecule has 8 nitrogen and oxygen atoms in total. The van der Waals surface area contributed by atoms with Crippen LogP contribution < -0.4 is 15.0 Å². The van der Waals surface area contributed by atoms with E-state index in [0.29, 0.717) is 24.3 Å². The van der Waals surface area contributed by atoms with E-state index in [4.69, 9.17) is 4.74 Å². The number of methoxy groups -OCH3 is 1. The highest BCUT2D eigenvalue weighted by atomic mass is 16.5. The number of rotatable bonds is 7. The molecule has 0 aliphatic carbocycles. The van der Waals surface area contributed by atoms with Crippen molar-refractivity contribution in [1.82, 2.24) is 9.88 Å². The van der Waals surface area contributed by atoms with Gasteiger partial charge in [0.25, 0.3) is 0 Å². The third-order valence-corrected chi connectivity index (χ3v) is 6.15. The van der Waals surface area contributed by atoms with E-state index in [2.05, 4.69) is 15.2 Å². The van der Waals surface area contributed by atoms with E-state index in [-0.39, 0.29) is 11.8 Å². The van der Waals surface area contributed by atoms with Crippen LogP contribution in [0.15, 0.2) is 48.7 Å². The summed E-state index contributed by atoms with van der Waals surface area (Å²) in [6, 6.07) is 12.7. The number of piperazine rings is 1. The maximum atomic E-state index is 12.4. The molecule has 1 aliphatic rings. The number of carboxylic acids is 1. The maximum Gasteiger partial charge on any atom is 0.325 e. The van der Waals surface area contributed by atoms with Gasteiger partial charge in [-0.2, -0.15) is 0 Å². The van der Waals surface area contributed by atoms with Crippen LogP contribution in [-0.2, 0) is 9.59 Å². The minimum Gasteiger partial charge on any atom is -0.497 e. The van der Waals surface area contributed by atoms with Crippen LogP contribution in [0.3, 0.4) is 0 Å². The van der Waals surface area contributed by atoms with Crippen molar-refractivity contribution < 1.29 is 19.4 Å². The SMILES string of the molecule is COc1ccc(N2CCN(C(C(=O)O)c3c[nH]c4ccc(NC(=O)C(C)C)cc34)CC2)cc1. The van der Waals surface area contributed by atoms with Crippen molar-refractivity contribution in [2.24, 2.45) is 5.92 Å². The fourth-order valence-corrected chi connectivity index (χ4v) is 4.25. The molecule has 33 heavy (non-hydrogen) atoms. The number of nitrogens with one attached hydrogen (secondary N) is 2.